The number of nitrogens with zero attached hydrogens (tertiary/aromatic N) is 1. The number of hydrogen-bond donors (Lipinski definition) is 3. The van der Waals surface area contributed by atoms with E-state index >= 15 is 0 Å². The third-order valence-electron chi connectivity index (χ3n) is 4.71. The van der Waals surface area contributed by atoms with Crippen LogP contribution in [0.1, 0.15) is 23.0 Å². The molecule has 2 heterocycles. The molecule has 2 atom stereocenters. The molecule has 0 bridgehead atoms. The Bertz CT molecular complexity index is 1090. The molecule has 170 valence electrons. The number of halogens is 5. The molecular weight excluding hydrogens is 468 g/mol. The average Bonchev–Trinajstić information content (AvgIpc) is 3.24. The fourth-order valence-electron chi connectivity index (χ4n) is 2.96. The van der Waals surface area contributed by atoms with Crippen LogP contribution in [0.2, 0.25) is 5.02 Å². The summed E-state index contributed by atoms with van der Waals surface area (Å²) in [6.07, 6.45) is -3.08. The van der Waals surface area contributed by atoms with Gasteiger partial charge in [0.1, 0.15) is 11.5 Å². The van der Waals surface area contributed by atoms with Crippen LogP contribution in [0, 0.1) is 5.82 Å². The molecule has 0 aliphatic heterocycles. The Balaban J connectivity index is 1.66. The van der Waals surface area contributed by atoms with E-state index in [4.69, 9.17) is 17.3 Å². The van der Waals surface area contributed by atoms with Gasteiger partial charge in [-0.15, -0.1) is 11.3 Å². The predicted octanol–water partition coefficient (Wildman–Crippen LogP) is 5.24. The number of amides is 1. The lowest BCUT2D eigenvalue weighted by molar-refractivity contribution is -0.141. The molecule has 0 saturated carbocycles. The average molecular weight is 487 g/mol. The van der Waals surface area contributed by atoms with E-state index in [2.05, 4.69) is 15.6 Å². The summed E-state index contributed by atoms with van der Waals surface area (Å²) in [5, 5.41) is 7.22. The molecule has 3 aromatic rings. The zero-order valence-electron chi connectivity index (χ0n) is 16.7. The molecule has 0 aliphatic rings. The van der Waals surface area contributed by atoms with Crippen molar-refractivity contribution in [1.29, 1.82) is 0 Å². The Morgan fingerprint density at radius 3 is 2.56 bits per heavy atom. The summed E-state index contributed by atoms with van der Waals surface area (Å²) in [6.45, 7) is 0. The Labute approximate surface area is 190 Å². The van der Waals surface area contributed by atoms with Crippen molar-refractivity contribution in [1.82, 2.24) is 10.3 Å². The zero-order valence-corrected chi connectivity index (χ0v) is 18.3. The Morgan fingerprint density at radius 2 is 1.97 bits per heavy atom. The van der Waals surface area contributed by atoms with Crippen LogP contribution in [-0.4, -0.2) is 24.0 Å². The molecule has 0 spiro atoms. The van der Waals surface area contributed by atoms with E-state index in [9.17, 15) is 22.4 Å². The number of alkyl halides is 3. The van der Waals surface area contributed by atoms with Gasteiger partial charge in [0.05, 0.1) is 11.1 Å². The number of pyridine rings is 1. The monoisotopic (exact) mass is 486 g/mol. The number of carbonyl (C=O) groups is 1. The lowest BCUT2D eigenvalue weighted by Crippen LogP contribution is -2.40. The third kappa shape index (κ3) is 5.83. The first-order valence-electron chi connectivity index (χ1n) is 9.39. The van der Waals surface area contributed by atoms with Crippen LogP contribution < -0.4 is 16.4 Å². The van der Waals surface area contributed by atoms with Crippen LogP contribution in [0.3, 0.4) is 0 Å². The number of thiophene rings is 1. The highest BCUT2D eigenvalue weighted by Crippen LogP contribution is 2.32. The predicted molar refractivity (Wildman–Crippen MR) is 117 cm³/mol. The normalized spacial score (nSPS) is 13.6. The maximum absolute atomic E-state index is 13.3. The second-order valence-corrected chi connectivity index (χ2v) is 8.32. The van der Waals surface area contributed by atoms with Gasteiger partial charge >= 0.3 is 6.18 Å². The van der Waals surface area contributed by atoms with Crippen LogP contribution >= 0.6 is 22.9 Å². The molecule has 4 N–H and O–H groups in total. The molecule has 3 rings (SSSR count). The largest absolute Gasteiger partial charge is 0.433 e. The molecule has 1 aromatic carbocycles. The standard InChI is InChI=1S/C21H19ClF4N4OS/c1-28-17(20(31)30-13-3-4-15(23)14(22)7-13)8-16(27)18-6-12(10-32-18)11-2-5-19(29-9-11)21(24,25)26/h2-7,9-10,16-17,28H,8,27H2,1H3,(H,30,31). The van der Waals surface area contributed by atoms with Gasteiger partial charge < -0.3 is 16.4 Å². The third-order valence-corrected chi connectivity index (χ3v) is 6.07. The van der Waals surface area contributed by atoms with E-state index in [1.165, 1.54) is 29.5 Å². The van der Waals surface area contributed by atoms with E-state index in [1.807, 2.05) is 0 Å². The first kappa shape index (κ1) is 24.1. The van der Waals surface area contributed by atoms with Crippen molar-refractivity contribution in [3.05, 3.63) is 69.4 Å². The van der Waals surface area contributed by atoms with Gasteiger partial charge in [-0.25, -0.2) is 4.39 Å². The van der Waals surface area contributed by atoms with Crippen molar-refractivity contribution in [2.24, 2.45) is 5.73 Å². The number of carbonyl (C=O) groups excluding carboxylic acids is 1. The van der Waals surface area contributed by atoms with Gasteiger partial charge in [-0.3, -0.25) is 9.78 Å². The first-order chi connectivity index (χ1) is 15.1. The van der Waals surface area contributed by atoms with Crippen molar-refractivity contribution in [2.45, 2.75) is 24.7 Å². The van der Waals surface area contributed by atoms with Crippen molar-refractivity contribution >= 4 is 34.5 Å². The Morgan fingerprint density at radius 1 is 1.22 bits per heavy atom. The van der Waals surface area contributed by atoms with Crippen LogP contribution in [0.5, 0.6) is 0 Å². The van der Waals surface area contributed by atoms with Gasteiger partial charge in [0.2, 0.25) is 5.91 Å². The minimum Gasteiger partial charge on any atom is -0.325 e. The molecule has 2 aromatic heterocycles. The summed E-state index contributed by atoms with van der Waals surface area (Å²) >= 11 is 7.08. The fraction of sp³-hybridized carbons (Fsp3) is 0.238. The van der Waals surface area contributed by atoms with E-state index in [0.717, 1.165) is 23.2 Å². The quantitative estimate of drug-likeness (QED) is 0.399. The zero-order chi connectivity index (χ0) is 23.5. The van der Waals surface area contributed by atoms with E-state index in [1.54, 1.807) is 18.5 Å². The molecule has 11 heteroatoms. The molecule has 0 radical (unpaired) electrons. The number of likely N-dealkylation sites (N-methyl/N-ethyl adjacent to an activating group) is 1. The molecule has 0 aliphatic carbocycles. The first-order valence-corrected chi connectivity index (χ1v) is 10.6. The van der Waals surface area contributed by atoms with Gasteiger partial charge in [0.15, 0.2) is 0 Å². The minimum atomic E-state index is -4.50. The molecule has 2 unspecified atom stereocenters. The van der Waals surface area contributed by atoms with Crippen molar-refractivity contribution in [3.63, 3.8) is 0 Å². The van der Waals surface area contributed by atoms with Crippen molar-refractivity contribution in [3.8, 4) is 11.1 Å². The van der Waals surface area contributed by atoms with Crippen molar-refractivity contribution < 1.29 is 22.4 Å². The van der Waals surface area contributed by atoms with Crippen LogP contribution in [0.4, 0.5) is 23.2 Å². The van der Waals surface area contributed by atoms with Crippen LogP contribution in [0.15, 0.2) is 48.0 Å². The number of aromatic nitrogens is 1. The van der Waals surface area contributed by atoms with Crippen molar-refractivity contribution in [2.75, 3.05) is 12.4 Å². The number of rotatable bonds is 7. The number of benzene rings is 1. The lowest BCUT2D eigenvalue weighted by atomic mass is 10.0. The SMILES string of the molecule is CNC(CC(N)c1cc(-c2ccc(C(F)(F)F)nc2)cs1)C(=O)Nc1ccc(F)c(Cl)c1. The summed E-state index contributed by atoms with van der Waals surface area (Å²) in [5.74, 6) is -0.956. The van der Waals surface area contributed by atoms with Gasteiger partial charge in [0.25, 0.3) is 0 Å². The van der Waals surface area contributed by atoms with Crippen LogP contribution in [-0.2, 0) is 11.0 Å². The summed E-state index contributed by atoms with van der Waals surface area (Å²) in [7, 11) is 1.61. The van der Waals surface area contributed by atoms with E-state index in [0.29, 0.717) is 16.8 Å². The second kappa shape index (κ2) is 9.95. The minimum absolute atomic E-state index is 0.107. The summed E-state index contributed by atoms with van der Waals surface area (Å²) in [4.78, 5) is 16.8. The molecule has 1 amide bonds. The van der Waals surface area contributed by atoms with Gasteiger partial charge in [-0.05, 0) is 54.7 Å². The highest BCUT2D eigenvalue weighted by atomic mass is 35.5. The maximum atomic E-state index is 13.3. The summed E-state index contributed by atoms with van der Waals surface area (Å²) in [6, 6.07) is 6.76. The topological polar surface area (TPSA) is 80.0 Å². The molecular formula is C21H19ClF4N4OS. The Kier molecular flexibility index (Phi) is 7.50. The Hall–Kier alpha value is -2.53. The second-order valence-electron chi connectivity index (χ2n) is 6.97. The smallest absolute Gasteiger partial charge is 0.325 e. The molecule has 0 saturated heterocycles. The fourth-order valence-corrected chi connectivity index (χ4v) is 4.07. The van der Waals surface area contributed by atoms with E-state index < -0.39 is 29.8 Å². The maximum Gasteiger partial charge on any atom is 0.433 e. The number of anilines is 1. The number of nitrogens with one attached hydrogen (secondary N) is 2. The highest BCUT2D eigenvalue weighted by molar-refractivity contribution is 7.10. The highest BCUT2D eigenvalue weighted by Gasteiger charge is 2.32. The van der Waals surface area contributed by atoms with Crippen LogP contribution in [0.25, 0.3) is 11.1 Å². The number of nitrogens with two attached hydrogens (primary N) is 1. The number of hydrogen-bond acceptors (Lipinski definition) is 5. The van der Waals surface area contributed by atoms with E-state index in [-0.39, 0.29) is 17.4 Å². The molecule has 32 heavy (non-hydrogen) atoms. The summed E-state index contributed by atoms with van der Waals surface area (Å²) < 4.78 is 51.4. The molecule has 5 nitrogen and oxygen atoms in total. The van der Waals surface area contributed by atoms with Gasteiger partial charge in [-0.2, -0.15) is 13.2 Å². The lowest BCUT2D eigenvalue weighted by Gasteiger charge is -2.19. The van der Waals surface area contributed by atoms with Gasteiger partial charge in [-0.1, -0.05) is 17.7 Å². The van der Waals surface area contributed by atoms with Gasteiger partial charge in [0, 0.05) is 28.4 Å². The summed E-state index contributed by atoms with van der Waals surface area (Å²) in [5.41, 5.74) is 6.88. The molecule has 0 fully saturated rings.